The van der Waals surface area contributed by atoms with Crippen LogP contribution in [0, 0.1) is 17.8 Å². The van der Waals surface area contributed by atoms with E-state index in [0.29, 0.717) is 61.7 Å². The molecule has 12 nitrogen and oxygen atoms in total. The van der Waals surface area contributed by atoms with Gasteiger partial charge in [0.2, 0.25) is 11.7 Å². The van der Waals surface area contributed by atoms with E-state index in [2.05, 4.69) is 23.1 Å². The van der Waals surface area contributed by atoms with Gasteiger partial charge in [0.05, 0.1) is 31.8 Å². The standard InChI is InChI=1S/C48H61N3O9/c1-5-23-51(44(54)28-34-17-14-19-36(27-34)56-3)43-31-41(50-57-4)39-29-35(18-10-12-24-52)38(20-11-13-25-53)45-40-30-37(59-47(55)49-32-33-15-8-7-9-16-33)21-22-42(40)60-48(43,46(39)45)58-26-6-2/h6-9,14-17,19,21-22,27,29-30,35,38,43,45-46,52-53H,2,5,10-13,18,20,23-26,28,31-32H2,1,3-4H3,(H,49,55). The van der Waals surface area contributed by atoms with Gasteiger partial charge in [0.15, 0.2) is 0 Å². The zero-order chi connectivity index (χ0) is 42.5. The van der Waals surface area contributed by atoms with Crippen molar-refractivity contribution in [2.75, 3.05) is 40.6 Å². The molecule has 0 aromatic heterocycles. The molecule has 1 aliphatic heterocycles. The number of ether oxygens (including phenoxy) is 4. The number of benzene rings is 3. The summed E-state index contributed by atoms with van der Waals surface area (Å²) in [7, 11) is 3.14. The van der Waals surface area contributed by atoms with Gasteiger partial charge in [0.1, 0.15) is 30.4 Å². The summed E-state index contributed by atoms with van der Waals surface area (Å²) in [6, 6.07) is 22.0. The smallest absolute Gasteiger partial charge is 0.412 e. The molecule has 1 fully saturated rings. The number of carbonyl (C=O) groups is 2. The first-order chi connectivity index (χ1) is 29.3. The van der Waals surface area contributed by atoms with E-state index in [1.807, 2.05) is 78.6 Å². The van der Waals surface area contributed by atoms with E-state index in [1.165, 1.54) is 7.11 Å². The van der Waals surface area contributed by atoms with Gasteiger partial charge in [-0.1, -0.05) is 79.5 Å². The highest BCUT2D eigenvalue weighted by Gasteiger charge is 2.65. The Labute approximate surface area is 354 Å². The third-order valence-electron chi connectivity index (χ3n) is 12.0. The Balaban J connectivity index is 1.50. The molecule has 3 aromatic rings. The normalized spacial score (nSPS) is 23.3. The lowest BCUT2D eigenvalue weighted by Crippen LogP contribution is -2.70. The van der Waals surface area contributed by atoms with Crippen LogP contribution in [0.1, 0.15) is 80.9 Å². The number of amides is 2. The van der Waals surface area contributed by atoms with Crippen LogP contribution in [0.4, 0.5) is 4.79 Å². The topological polar surface area (TPSA) is 148 Å². The molecule has 6 rings (SSSR count). The van der Waals surface area contributed by atoms with Gasteiger partial charge < -0.3 is 44.2 Å². The van der Waals surface area contributed by atoms with E-state index in [0.717, 1.165) is 47.9 Å². The molecule has 1 saturated carbocycles. The van der Waals surface area contributed by atoms with E-state index >= 15 is 0 Å². The Morgan fingerprint density at radius 2 is 1.73 bits per heavy atom. The van der Waals surface area contributed by atoms with Crippen molar-refractivity contribution in [3.05, 3.63) is 114 Å². The summed E-state index contributed by atoms with van der Waals surface area (Å²) in [6.45, 7) is 7.15. The molecule has 3 N–H and O–H groups in total. The van der Waals surface area contributed by atoms with Crippen molar-refractivity contribution >= 4 is 17.7 Å². The first-order valence-corrected chi connectivity index (χ1v) is 21.3. The first-order valence-electron chi connectivity index (χ1n) is 21.3. The summed E-state index contributed by atoms with van der Waals surface area (Å²) in [5.41, 5.74) is 4.28. The van der Waals surface area contributed by atoms with Gasteiger partial charge in [-0.2, -0.15) is 0 Å². The molecule has 2 aliphatic carbocycles. The summed E-state index contributed by atoms with van der Waals surface area (Å²) in [5, 5.41) is 27.3. The van der Waals surface area contributed by atoms with Crippen LogP contribution in [0.3, 0.4) is 0 Å². The Morgan fingerprint density at radius 3 is 2.45 bits per heavy atom. The van der Waals surface area contributed by atoms with Crippen LogP contribution in [0.2, 0.25) is 0 Å². The highest BCUT2D eigenvalue weighted by atomic mass is 16.7. The second kappa shape index (κ2) is 21.4. The molecule has 12 heteroatoms. The van der Waals surface area contributed by atoms with Crippen LogP contribution in [0.5, 0.6) is 17.2 Å². The second-order valence-electron chi connectivity index (χ2n) is 15.8. The number of hydrogen-bond acceptors (Lipinski definition) is 10. The van der Waals surface area contributed by atoms with Crippen molar-refractivity contribution < 1.29 is 43.6 Å². The van der Waals surface area contributed by atoms with Crippen LogP contribution in [-0.2, 0) is 27.3 Å². The molecule has 60 heavy (non-hydrogen) atoms. The van der Waals surface area contributed by atoms with Crippen LogP contribution < -0.4 is 19.5 Å². The molecule has 0 radical (unpaired) electrons. The van der Waals surface area contributed by atoms with Gasteiger partial charge in [-0.15, -0.1) is 6.58 Å². The Hall–Kier alpha value is -5.17. The summed E-state index contributed by atoms with van der Waals surface area (Å²) >= 11 is 0. The van der Waals surface area contributed by atoms with Crippen molar-refractivity contribution in [2.45, 2.75) is 89.0 Å². The molecule has 322 valence electrons. The minimum Gasteiger partial charge on any atom is -0.497 e. The SMILES string of the molecule is C=CCOC12Oc3ccc(OC(=O)NCc4ccccc4)cc3C3C(CCCCO)C(CCCCO)C=C(C(=NOC)CC1N(CCC)C(=O)Cc1cccc(OC)c1)C32. The quantitative estimate of drug-likeness (QED) is 0.0558. The summed E-state index contributed by atoms with van der Waals surface area (Å²) < 4.78 is 25.7. The van der Waals surface area contributed by atoms with Crippen LogP contribution in [0.15, 0.2) is 102 Å². The number of unbranched alkanes of at least 4 members (excludes halogenated alkanes) is 2. The third kappa shape index (κ3) is 10.1. The van der Waals surface area contributed by atoms with Crippen molar-refractivity contribution in [3.63, 3.8) is 0 Å². The predicted molar refractivity (Wildman–Crippen MR) is 230 cm³/mol. The molecule has 0 spiro atoms. The minimum atomic E-state index is -1.38. The lowest BCUT2D eigenvalue weighted by Gasteiger charge is -2.60. The Kier molecular flexibility index (Phi) is 15.8. The van der Waals surface area contributed by atoms with Crippen molar-refractivity contribution in [2.24, 2.45) is 22.9 Å². The van der Waals surface area contributed by atoms with Crippen molar-refractivity contribution in [1.29, 1.82) is 0 Å². The van der Waals surface area contributed by atoms with E-state index in [1.54, 1.807) is 19.3 Å². The average molecular weight is 824 g/mol. The zero-order valence-electron chi connectivity index (χ0n) is 35.2. The van der Waals surface area contributed by atoms with E-state index in [9.17, 15) is 19.8 Å². The fourth-order valence-corrected chi connectivity index (χ4v) is 9.49. The number of aliphatic hydroxyl groups excluding tert-OH is 2. The number of rotatable bonds is 21. The number of nitrogens with zero attached hydrogens (tertiary/aromatic N) is 2. The molecular formula is C48H61N3O9. The van der Waals surface area contributed by atoms with Crippen molar-refractivity contribution in [3.8, 4) is 17.2 Å². The Morgan fingerprint density at radius 1 is 0.967 bits per heavy atom. The average Bonchev–Trinajstić information content (AvgIpc) is 3.26. The molecule has 1 heterocycles. The maximum Gasteiger partial charge on any atom is 0.412 e. The highest BCUT2D eigenvalue weighted by molar-refractivity contribution is 6.03. The van der Waals surface area contributed by atoms with Gasteiger partial charge in [-0.25, -0.2) is 4.79 Å². The summed E-state index contributed by atoms with van der Waals surface area (Å²) in [5.74, 6) is -0.504. The van der Waals surface area contributed by atoms with E-state index in [4.69, 9.17) is 23.8 Å². The van der Waals surface area contributed by atoms with Crippen molar-refractivity contribution in [1.82, 2.24) is 10.2 Å². The van der Waals surface area contributed by atoms with Gasteiger partial charge in [0.25, 0.3) is 0 Å². The minimum absolute atomic E-state index is 0.0233. The van der Waals surface area contributed by atoms with E-state index in [-0.39, 0.29) is 49.9 Å². The number of fused-ring (bicyclic) bond motifs is 2. The zero-order valence-corrected chi connectivity index (χ0v) is 35.2. The summed E-state index contributed by atoms with van der Waals surface area (Å²) in [4.78, 5) is 35.4. The molecule has 0 bridgehead atoms. The molecule has 6 unspecified atom stereocenters. The monoisotopic (exact) mass is 823 g/mol. The number of aliphatic hydroxyl groups is 2. The number of oxime groups is 1. The largest absolute Gasteiger partial charge is 0.497 e. The number of carbonyl (C=O) groups excluding carboxylic acids is 2. The molecule has 2 amide bonds. The van der Waals surface area contributed by atoms with Crippen LogP contribution >= 0.6 is 0 Å². The fraction of sp³-hybridized carbons (Fsp3) is 0.479. The lowest BCUT2D eigenvalue weighted by atomic mass is 9.55. The molecular weight excluding hydrogens is 763 g/mol. The maximum absolute atomic E-state index is 14.7. The van der Waals surface area contributed by atoms with Gasteiger partial charge in [-0.05, 0) is 91.0 Å². The number of methoxy groups -OCH3 is 1. The Bertz CT molecular complexity index is 1970. The summed E-state index contributed by atoms with van der Waals surface area (Å²) in [6.07, 6.45) is 9.05. The van der Waals surface area contributed by atoms with E-state index < -0.39 is 23.8 Å². The van der Waals surface area contributed by atoms with Gasteiger partial charge in [0, 0.05) is 44.2 Å². The molecule has 6 atom stereocenters. The predicted octanol–water partition coefficient (Wildman–Crippen LogP) is 7.73. The first kappa shape index (κ1) is 44.4. The fourth-order valence-electron chi connectivity index (χ4n) is 9.49. The number of nitrogens with one attached hydrogen (secondary N) is 1. The number of allylic oxidation sites excluding steroid dienone is 1. The molecule has 3 aliphatic rings. The second-order valence-corrected chi connectivity index (χ2v) is 15.8. The maximum atomic E-state index is 14.7. The molecule has 3 aromatic carbocycles. The molecule has 0 saturated heterocycles. The van der Waals surface area contributed by atoms with Crippen LogP contribution in [0.25, 0.3) is 0 Å². The third-order valence-corrected chi connectivity index (χ3v) is 12.0. The highest BCUT2D eigenvalue weighted by Crippen LogP contribution is 2.62. The number of hydrogen-bond donors (Lipinski definition) is 3. The van der Waals surface area contributed by atoms with Gasteiger partial charge in [-0.3, -0.25) is 4.79 Å². The van der Waals surface area contributed by atoms with Crippen LogP contribution in [-0.4, -0.2) is 85.2 Å². The lowest BCUT2D eigenvalue weighted by molar-refractivity contribution is -0.257. The van der Waals surface area contributed by atoms with Gasteiger partial charge >= 0.3 is 6.09 Å².